The van der Waals surface area contributed by atoms with E-state index >= 15 is 0 Å². The number of aliphatic hydroxyl groups excluding tert-OH is 1. The molecule has 1 heterocycles. The molecule has 0 aromatic carbocycles. The maximum Gasteiger partial charge on any atom is 0.0897 e. The second-order valence-electron chi connectivity index (χ2n) is 4.71. The van der Waals surface area contributed by atoms with Crippen LogP contribution in [0.2, 0.25) is 0 Å². The van der Waals surface area contributed by atoms with E-state index in [1.54, 1.807) is 11.3 Å². The fraction of sp³-hybridized carbons (Fsp3) is 0.727. The molecule has 0 aliphatic heterocycles. The number of hydrogen-bond donors (Lipinski definition) is 2. The van der Waals surface area contributed by atoms with Crippen LogP contribution in [-0.4, -0.2) is 23.2 Å². The molecule has 0 amide bonds. The molecule has 1 aromatic heterocycles. The summed E-state index contributed by atoms with van der Waals surface area (Å²) in [6.45, 7) is 9.24. The zero-order chi connectivity index (χ0) is 11.5. The van der Waals surface area contributed by atoms with Gasteiger partial charge in [-0.3, -0.25) is 0 Å². The molecule has 15 heavy (non-hydrogen) atoms. The lowest BCUT2D eigenvalue weighted by atomic mass is 9.94. The van der Waals surface area contributed by atoms with Gasteiger partial charge in [-0.15, -0.1) is 11.3 Å². The second kappa shape index (κ2) is 5.05. The Kier molecular flexibility index (Phi) is 4.25. The van der Waals surface area contributed by atoms with Gasteiger partial charge >= 0.3 is 0 Å². The van der Waals surface area contributed by atoms with Crippen LogP contribution in [0, 0.1) is 12.3 Å². The van der Waals surface area contributed by atoms with Gasteiger partial charge in [0.1, 0.15) is 0 Å². The van der Waals surface area contributed by atoms with E-state index in [-0.39, 0.29) is 12.0 Å². The largest absolute Gasteiger partial charge is 0.396 e. The Balaban J connectivity index is 2.46. The summed E-state index contributed by atoms with van der Waals surface area (Å²) in [4.78, 5) is 5.48. The molecule has 4 heteroatoms. The van der Waals surface area contributed by atoms with Gasteiger partial charge in [0.2, 0.25) is 0 Å². The number of hydrogen-bond acceptors (Lipinski definition) is 4. The van der Waals surface area contributed by atoms with E-state index in [0.717, 1.165) is 11.6 Å². The summed E-state index contributed by atoms with van der Waals surface area (Å²) in [5, 5.41) is 13.6. The number of aryl methyl sites for hydroxylation is 1. The first-order valence-electron chi connectivity index (χ1n) is 5.21. The van der Waals surface area contributed by atoms with Crippen LogP contribution in [0.1, 0.15) is 36.7 Å². The number of rotatable bonds is 5. The Morgan fingerprint density at radius 3 is 2.73 bits per heavy atom. The zero-order valence-corrected chi connectivity index (χ0v) is 10.7. The highest BCUT2D eigenvalue weighted by atomic mass is 32.1. The first kappa shape index (κ1) is 12.6. The Morgan fingerprint density at radius 1 is 1.60 bits per heavy atom. The van der Waals surface area contributed by atoms with Crippen molar-refractivity contribution in [2.45, 2.75) is 33.7 Å². The molecule has 2 N–H and O–H groups in total. The van der Waals surface area contributed by atoms with Gasteiger partial charge in [-0.2, -0.15) is 0 Å². The predicted octanol–water partition coefficient (Wildman–Crippen LogP) is 2.12. The van der Waals surface area contributed by atoms with Crippen LogP contribution < -0.4 is 5.32 Å². The van der Waals surface area contributed by atoms with E-state index in [9.17, 15) is 0 Å². The van der Waals surface area contributed by atoms with Gasteiger partial charge in [-0.25, -0.2) is 4.98 Å². The minimum atomic E-state index is -0.0615. The number of nitrogens with zero attached hydrogens (tertiary/aromatic N) is 1. The molecule has 3 nitrogen and oxygen atoms in total. The van der Waals surface area contributed by atoms with Crippen LogP contribution in [0.25, 0.3) is 0 Å². The Labute approximate surface area is 95.6 Å². The van der Waals surface area contributed by atoms with Crippen molar-refractivity contribution < 1.29 is 5.11 Å². The summed E-state index contributed by atoms with van der Waals surface area (Å²) in [6, 6.07) is 0.307. The Hall–Kier alpha value is -0.450. The van der Waals surface area contributed by atoms with Gasteiger partial charge in [-0.1, -0.05) is 13.8 Å². The van der Waals surface area contributed by atoms with Gasteiger partial charge in [0.15, 0.2) is 0 Å². The quantitative estimate of drug-likeness (QED) is 0.811. The second-order valence-corrected chi connectivity index (χ2v) is 5.97. The lowest BCUT2D eigenvalue weighted by Gasteiger charge is -2.24. The number of aliphatic hydroxyl groups is 1. The average molecular weight is 228 g/mol. The molecule has 1 aromatic rings. The van der Waals surface area contributed by atoms with Crippen molar-refractivity contribution in [3.8, 4) is 0 Å². The third-order valence-corrected chi connectivity index (χ3v) is 3.48. The van der Waals surface area contributed by atoms with E-state index < -0.39 is 0 Å². The first-order chi connectivity index (χ1) is 6.94. The summed E-state index contributed by atoms with van der Waals surface area (Å²) in [6.07, 6.45) is 1.92. The Morgan fingerprint density at radius 2 is 2.27 bits per heavy atom. The van der Waals surface area contributed by atoms with Crippen LogP contribution in [-0.2, 0) is 0 Å². The maximum atomic E-state index is 9.13. The van der Waals surface area contributed by atoms with Gasteiger partial charge in [0.25, 0.3) is 0 Å². The summed E-state index contributed by atoms with van der Waals surface area (Å²) in [5.74, 6) is 0. The molecule has 86 valence electrons. The fourth-order valence-corrected chi connectivity index (χ4v) is 1.98. The molecule has 0 saturated heterocycles. The van der Waals surface area contributed by atoms with E-state index in [1.807, 2.05) is 27.0 Å². The molecular formula is C11H20N2OS. The van der Waals surface area contributed by atoms with Crippen molar-refractivity contribution >= 4 is 11.3 Å². The lowest BCUT2D eigenvalue weighted by Crippen LogP contribution is -2.33. The van der Waals surface area contributed by atoms with Crippen LogP contribution in [0.5, 0.6) is 0 Å². The SMILES string of the molecule is Cc1ncc(C(C)NCC(C)(C)CO)s1. The standard InChI is InChI=1S/C11H20N2OS/c1-8(10-5-12-9(2)15-10)13-6-11(3,4)7-14/h5,8,13-14H,6-7H2,1-4H3. The summed E-state index contributed by atoms with van der Waals surface area (Å²) < 4.78 is 0. The van der Waals surface area contributed by atoms with Crippen LogP contribution >= 0.6 is 11.3 Å². The molecule has 1 atom stereocenters. The van der Waals surface area contributed by atoms with Crippen molar-refractivity contribution in [2.24, 2.45) is 5.41 Å². The smallest absolute Gasteiger partial charge is 0.0897 e. The number of nitrogens with one attached hydrogen (secondary N) is 1. The highest BCUT2D eigenvalue weighted by Gasteiger charge is 2.18. The third kappa shape index (κ3) is 3.89. The molecular weight excluding hydrogens is 208 g/mol. The normalized spacial score (nSPS) is 14.2. The topological polar surface area (TPSA) is 45.2 Å². The lowest BCUT2D eigenvalue weighted by molar-refractivity contribution is 0.154. The molecule has 0 fully saturated rings. The molecule has 0 radical (unpaired) electrons. The van der Waals surface area contributed by atoms with Crippen LogP contribution in [0.15, 0.2) is 6.20 Å². The van der Waals surface area contributed by atoms with E-state index in [0.29, 0.717) is 6.04 Å². The highest BCUT2D eigenvalue weighted by Crippen LogP contribution is 2.21. The number of thiazole rings is 1. The molecule has 0 aliphatic rings. The van der Waals surface area contributed by atoms with Crippen molar-refractivity contribution in [3.63, 3.8) is 0 Å². The van der Waals surface area contributed by atoms with Gasteiger partial charge in [0.05, 0.1) is 5.01 Å². The van der Waals surface area contributed by atoms with Crippen molar-refractivity contribution in [3.05, 3.63) is 16.1 Å². The van der Waals surface area contributed by atoms with E-state index in [1.165, 1.54) is 4.88 Å². The fourth-order valence-electron chi connectivity index (χ4n) is 1.16. The average Bonchev–Trinajstić information content (AvgIpc) is 2.61. The van der Waals surface area contributed by atoms with Crippen LogP contribution in [0.4, 0.5) is 0 Å². The summed E-state index contributed by atoms with van der Waals surface area (Å²) in [5.41, 5.74) is -0.0615. The van der Waals surface area contributed by atoms with Crippen LogP contribution in [0.3, 0.4) is 0 Å². The zero-order valence-electron chi connectivity index (χ0n) is 9.87. The minimum absolute atomic E-state index is 0.0615. The molecule has 0 bridgehead atoms. The molecule has 1 unspecified atom stereocenters. The maximum absolute atomic E-state index is 9.13. The number of aromatic nitrogens is 1. The first-order valence-corrected chi connectivity index (χ1v) is 6.03. The Bertz CT molecular complexity index is 309. The van der Waals surface area contributed by atoms with E-state index in [4.69, 9.17) is 5.11 Å². The molecule has 0 aliphatic carbocycles. The van der Waals surface area contributed by atoms with Gasteiger partial charge in [0, 0.05) is 35.7 Å². The third-order valence-electron chi connectivity index (χ3n) is 2.38. The van der Waals surface area contributed by atoms with Gasteiger partial charge < -0.3 is 10.4 Å². The van der Waals surface area contributed by atoms with Crippen molar-refractivity contribution in [1.29, 1.82) is 0 Å². The molecule has 0 saturated carbocycles. The minimum Gasteiger partial charge on any atom is -0.396 e. The summed E-state index contributed by atoms with van der Waals surface area (Å²) in [7, 11) is 0. The molecule has 0 spiro atoms. The van der Waals surface area contributed by atoms with E-state index in [2.05, 4.69) is 17.2 Å². The molecule has 1 rings (SSSR count). The van der Waals surface area contributed by atoms with Gasteiger partial charge in [-0.05, 0) is 13.8 Å². The predicted molar refractivity (Wildman–Crippen MR) is 64.1 cm³/mol. The van der Waals surface area contributed by atoms with Crippen molar-refractivity contribution in [1.82, 2.24) is 10.3 Å². The highest BCUT2D eigenvalue weighted by molar-refractivity contribution is 7.11. The summed E-state index contributed by atoms with van der Waals surface area (Å²) >= 11 is 1.72. The van der Waals surface area contributed by atoms with Crippen molar-refractivity contribution in [2.75, 3.05) is 13.2 Å². The monoisotopic (exact) mass is 228 g/mol.